The lowest BCUT2D eigenvalue weighted by Crippen LogP contribution is -2.32. The Bertz CT molecular complexity index is 976. The predicted octanol–water partition coefficient (Wildman–Crippen LogP) is 2.60. The van der Waals surface area contributed by atoms with Crippen molar-refractivity contribution in [1.82, 2.24) is 14.8 Å². The van der Waals surface area contributed by atoms with Gasteiger partial charge in [0.05, 0.1) is 23.9 Å². The minimum absolute atomic E-state index is 0.00437. The first-order chi connectivity index (χ1) is 14.3. The molecule has 2 aromatic rings. The molecular formula is C22H24FN3O4. The maximum atomic E-state index is 13.9. The molecule has 0 saturated carbocycles. The highest BCUT2D eigenvalue weighted by molar-refractivity contribution is 6.46. The molecule has 0 radical (unpaired) electrons. The topological polar surface area (TPSA) is 83.0 Å². The highest BCUT2D eigenvalue weighted by atomic mass is 19.1. The number of ketones is 1. The van der Waals surface area contributed by atoms with Gasteiger partial charge in [0, 0.05) is 12.7 Å². The summed E-state index contributed by atoms with van der Waals surface area (Å²) < 4.78 is 19.1. The van der Waals surface area contributed by atoms with Crippen LogP contribution >= 0.6 is 0 Å². The summed E-state index contributed by atoms with van der Waals surface area (Å²) in [6, 6.07) is 7.89. The van der Waals surface area contributed by atoms with E-state index in [1.165, 1.54) is 24.1 Å². The number of carbonyl (C=O) groups excluding carboxylic acids is 2. The van der Waals surface area contributed by atoms with Crippen molar-refractivity contribution in [2.75, 3.05) is 34.3 Å². The van der Waals surface area contributed by atoms with Crippen molar-refractivity contribution in [2.24, 2.45) is 0 Å². The van der Waals surface area contributed by atoms with Crippen LogP contribution < -0.4 is 4.74 Å². The summed E-state index contributed by atoms with van der Waals surface area (Å²) in [5, 5.41) is 11.0. The summed E-state index contributed by atoms with van der Waals surface area (Å²) in [7, 11) is 5.21. The number of nitrogens with zero attached hydrogens (tertiary/aromatic N) is 3. The van der Waals surface area contributed by atoms with Crippen LogP contribution in [0.1, 0.15) is 23.7 Å². The minimum atomic E-state index is -0.874. The molecule has 1 fully saturated rings. The molecular weight excluding hydrogens is 389 g/mol. The Morgan fingerprint density at radius 3 is 2.67 bits per heavy atom. The number of aromatic nitrogens is 1. The van der Waals surface area contributed by atoms with E-state index < -0.39 is 29.3 Å². The quantitative estimate of drug-likeness (QED) is 0.427. The summed E-state index contributed by atoms with van der Waals surface area (Å²) in [6.45, 7) is 1.02. The first-order valence-corrected chi connectivity index (χ1v) is 9.53. The molecule has 0 bridgehead atoms. The zero-order chi connectivity index (χ0) is 21.8. The van der Waals surface area contributed by atoms with E-state index in [1.54, 1.807) is 24.4 Å². The number of aliphatic hydroxyl groups excluding tert-OH is 1. The monoisotopic (exact) mass is 413 g/mol. The molecule has 1 saturated heterocycles. The first-order valence-electron chi connectivity index (χ1n) is 9.53. The largest absolute Gasteiger partial charge is 0.507 e. The second kappa shape index (κ2) is 9.04. The molecule has 3 rings (SSSR count). The summed E-state index contributed by atoms with van der Waals surface area (Å²) >= 11 is 0. The zero-order valence-corrected chi connectivity index (χ0v) is 17.1. The number of benzene rings is 1. The van der Waals surface area contributed by atoms with Crippen LogP contribution in [0.15, 0.2) is 48.2 Å². The van der Waals surface area contributed by atoms with E-state index in [0.717, 1.165) is 12.6 Å². The lowest BCUT2D eigenvalue weighted by molar-refractivity contribution is -0.140. The summed E-state index contributed by atoms with van der Waals surface area (Å²) in [5.41, 5.74) is 0.315. The van der Waals surface area contributed by atoms with Gasteiger partial charge in [-0.2, -0.15) is 0 Å². The van der Waals surface area contributed by atoms with E-state index in [-0.39, 0.29) is 16.9 Å². The van der Waals surface area contributed by atoms with Crippen LogP contribution in [-0.4, -0.2) is 65.9 Å². The minimum Gasteiger partial charge on any atom is -0.507 e. The molecule has 0 unspecified atom stereocenters. The van der Waals surface area contributed by atoms with Gasteiger partial charge >= 0.3 is 0 Å². The molecule has 0 aliphatic carbocycles. The van der Waals surface area contributed by atoms with Gasteiger partial charge in [0.25, 0.3) is 11.7 Å². The SMILES string of the molecule is COc1ccc(F)cc1/C(O)=C1\C(=O)C(=O)N(CCCN(C)C)[C@H]1c1ccccn1. The van der Waals surface area contributed by atoms with E-state index in [1.807, 2.05) is 19.0 Å². The average molecular weight is 413 g/mol. The van der Waals surface area contributed by atoms with Crippen molar-refractivity contribution >= 4 is 17.4 Å². The first kappa shape index (κ1) is 21.4. The standard InChI is InChI=1S/C22H24FN3O4/c1-25(2)11-6-12-26-19(16-7-4-5-10-24-16)18(21(28)22(26)29)20(27)15-13-14(23)8-9-17(15)30-3/h4-5,7-10,13,19,27H,6,11-12H2,1-3H3/b20-18+/t19-/m0/s1. The highest BCUT2D eigenvalue weighted by Gasteiger charge is 2.46. The number of Topliss-reactive ketones (excluding diaryl/α,β-unsaturated/α-hetero) is 1. The van der Waals surface area contributed by atoms with Gasteiger partial charge in [-0.05, 0) is 57.4 Å². The normalized spacial score (nSPS) is 18.3. The van der Waals surface area contributed by atoms with Crippen molar-refractivity contribution in [3.8, 4) is 5.75 Å². The lowest BCUT2D eigenvalue weighted by Gasteiger charge is -2.25. The second-order valence-corrected chi connectivity index (χ2v) is 7.25. The molecule has 1 N–H and O–H groups in total. The maximum absolute atomic E-state index is 13.9. The third kappa shape index (κ3) is 4.18. The average Bonchev–Trinajstić information content (AvgIpc) is 2.98. The van der Waals surface area contributed by atoms with Gasteiger partial charge in [-0.15, -0.1) is 0 Å². The number of halogens is 1. The van der Waals surface area contributed by atoms with E-state index in [2.05, 4.69) is 4.98 Å². The van der Waals surface area contributed by atoms with Crippen molar-refractivity contribution in [3.63, 3.8) is 0 Å². The van der Waals surface area contributed by atoms with E-state index in [0.29, 0.717) is 18.7 Å². The van der Waals surface area contributed by atoms with Crippen LogP contribution in [0.25, 0.3) is 5.76 Å². The van der Waals surface area contributed by atoms with Gasteiger partial charge in [-0.3, -0.25) is 14.6 Å². The molecule has 1 aromatic heterocycles. The third-order valence-electron chi connectivity index (χ3n) is 4.93. The van der Waals surface area contributed by atoms with Gasteiger partial charge in [0.15, 0.2) is 0 Å². The van der Waals surface area contributed by atoms with E-state index >= 15 is 0 Å². The molecule has 8 heteroatoms. The molecule has 1 amide bonds. The number of likely N-dealkylation sites (tertiary alicyclic amines) is 1. The maximum Gasteiger partial charge on any atom is 0.295 e. The van der Waals surface area contributed by atoms with E-state index in [4.69, 9.17) is 4.74 Å². The van der Waals surface area contributed by atoms with Crippen molar-refractivity contribution in [3.05, 3.63) is 65.2 Å². The number of pyridine rings is 1. The Balaban J connectivity index is 2.13. The van der Waals surface area contributed by atoms with Crippen LogP contribution in [-0.2, 0) is 9.59 Å². The van der Waals surface area contributed by atoms with Gasteiger partial charge < -0.3 is 19.6 Å². The van der Waals surface area contributed by atoms with Gasteiger partial charge in [-0.1, -0.05) is 6.07 Å². The summed E-state index contributed by atoms with van der Waals surface area (Å²) in [5.74, 6) is -2.46. The molecule has 7 nitrogen and oxygen atoms in total. The van der Waals surface area contributed by atoms with Crippen LogP contribution in [0, 0.1) is 5.82 Å². The number of aliphatic hydroxyl groups is 1. The number of ether oxygens (including phenoxy) is 1. The molecule has 0 spiro atoms. The van der Waals surface area contributed by atoms with Gasteiger partial charge in [-0.25, -0.2) is 4.39 Å². The Morgan fingerprint density at radius 2 is 2.03 bits per heavy atom. The Labute approximate surface area is 174 Å². The molecule has 1 atom stereocenters. The van der Waals surface area contributed by atoms with Crippen LogP contribution in [0.5, 0.6) is 5.75 Å². The fourth-order valence-corrected chi connectivity index (χ4v) is 3.52. The summed E-state index contributed by atoms with van der Waals surface area (Å²) in [4.78, 5) is 33.4. The fourth-order valence-electron chi connectivity index (χ4n) is 3.52. The van der Waals surface area contributed by atoms with Crippen LogP contribution in [0.2, 0.25) is 0 Å². The number of rotatable bonds is 7. The lowest BCUT2D eigenvalue weighted by atomic mass is 9.97. The Hall–Kier alpha value is -3.26. The van der Waals surface area contributed by atoms with Crippen molar-refractivity contribution < 1.29 is 23.8 Å². The number of hydrogen-bond donors (Lipinski definition) is 1. The van der Waals surface area contributed by atoms with Crippen LogP contribution in [0.4, 0.5) is 4.39 Å². The van der Waals surface area contributed by atoms with Crippen molar-refractivity contribution in [2.45, 2.75) is 12.5 Å². The highest BCUT2D eigenvalue weighted by Crippen LogP contribution is 2.40. The fraction of sp³-hybridized carbons (Fsp3) is 0.318. The number of hydrogen-bond acceptors (Lipinski definition) is 6. The smallest absolute Gasteiger partial charge is 0.295 e. The van der Waals surface area contributed by atoms with E-state index in [9.17, 15) is 19.1 Å². The molecule has 1 aliphatic rings. The molecule has 2 heterocycles. The molecule has 1 aromatic carbocycles. The number of amides is 1. The van der Waals surface area contributed by atoms with Gasteiger partial charge in [0.2, 0.25) is 0 Å². The van der Waals surface area contributed by atoms with Gasteiger partial charge in [0.1, 0.15) is 23.4 Å². The predicted molar refractivity (Wildman–Crippen MR) is 109 cm³/mol. The second-order valence-electron chi connectivity index (χ2n) is 7.25. The summed E-state index contributed by atoms with van der Waals surface area (Å²) in [6.07, 6.45) is 2.19. The van der Waals surface area contributed by atoms with Crippen molar-refractivity contribution in [1.29, 1.82) is 0 Å². The number of carbonyl (C=O) groups is 2. The van der Waals surface area contributed by atoms with Crippen LogP contribution in [0.3, 0.4) is 0 Å². The molecule has 158 valence electrons. The number of methoxy groups -OCH3 is 1. The Kier molecular flexibility index (Phi) is 6.47. The molecule has 30 heavy (non-hydrogen) atoms. The molecule has 1 aliphatic heterocycles. The zero-order valence-electron chi connectivity index (χ0n) is 17.1. The third-order valence-corrected chi connectivity index (χ3v) is 4.93. The Morgan fingerprint density at radius 1 is 1.27 bits per heavy atom.